The van der Waals surface area contributed by atoms with E-state index >= 15 is 0 Å². The number of rotatable bonds is 7. The molecule has 8 nitrogen and oxygen atoms in total. The minimum atomic E-state index is -1.34. The van der Waals surface area contributed by atoms with Crippen molar-refractivity contribution in [2.75, 3.05) is 24.9 Å². The van der Waals surface area contributed by atoms with Crippen LogP contribution in [0.2, 0.25) is 0 Å². The zero-order chi connectivity index (χ0) is 25.1. The number of amides is 2. The summed E-state index contributed by atoms with van der Waals surface area (Å²) in [6.45, 7) is 0. The maximum absolute atomic E-state index is 14.7. The Morgan fingerprint density at radius 1 is 1.00 bits per heavy atom. The highest BCUT2D eigenvalue weighted by atomic mass is 32.1. The Kier molecular flexibility index (Phi) is 6.99. The van der Waals surface area contributed by atoms with Crippen molar-refractivity contribution >= 4 is 62.1 Å². The van der Waals surface area contributed by atoms with E-state index in [1.54, 1.807) is 11.3 Å². The molecule has 11 heteroatoms. The van der Waals surface area contributed by atoms with Crippen LogP contribution in [0.15, 0.2) is 47.2 Å². The van der Waals surface area contributed by atoms with Gasteiger partial charge in [0.2, 0.25) is 0 Å². The number of hydrogen-bond donors (Lipinski definition) is 3. The van der Waals surface area contributed by atoms with E-state index < -0.39 is 23.8 Å². The highest BCUT2D eigenvalue weighted by molar-refractivity contribution is 7.17. The van der Waals surface area contributed by atoms with Crippen LogP contribution in [0.5, 0.6) is 5.75 Å². The molecule has 2 heterocycles. The van der Waals surface area contributed by atoms with E-state index in [1.807, 2.05) is 29.6 Å². The summed E-state index contributed by atoms with van der Waals surface area (Å²) < 4.78 is 25.9. The van der Waals surface area contributed by atoms with Crippen molar-refractivity contribution in [1.29, 1.82) is 0 Å². The fourth-order valence-electron chi connectivity index (χ4n) is 3.59. The molecule has 180 valence electrons. The Morgan fingerprint density at radius 3 is 2.46 bits per heavy atom. The zero-order valence-electron chi connectivity index (χ0n) is 18.5. The molecular weight excluding hydrogens is 495 g/mol. The maximum Gasteiger partial charge on any atom is 0.346 e. The smallest absolute Gasteiger partial charge is 0.346 e. The average Bonchev–Trinajstić information content (AvgIpc) is 3.45. The molecule has 0 unspecified atom stereocenters. The van der Waals surface area contributed by atoms with Crippen LogP contribution in [0.1, 0.15) is 31.2 Å². The average molecular weight is 515 g/mol. The van der Waals surface area contributed by atoms with Gasteiger partial charge in [-0.15, -0.1) is 22.7 Å². The first-order chi connectivity index (χ1) is 16.8. The van der Waals surface area contributed by atoms with E-state index in [-0.39, 0.29) is 21.8 Å². The van der Waals surface area contributed by atoms with E-state index in [0.717, 1.165) is 34.1 Å². The van der Waals surface area contributed by atoms with Crippen LogP contribution in [0.25, 0.3) is 10.1 Å². The second-order valence-electron chi connectivity index (χ2n) is 7.31. The van der Waals surface area contributed by atoms with Crippen molar-refractivity contribution < 1.29 is 33.4 Å². The Labute approximate surface area is 206 Å². The summed E-state index contributed by atoms with van der Waals surface area (Å²) >= 11 is 2.36. The maximum atomic E-state index is 14.7. The number of carbonyl (C=O) groups excluding carboxylic acids is 2. The number of benzene rings is 2. The summed E-state index contributed by atoms with van der Waals surface area (Å²) in [5.74, 6) is -2.64. The molecule has 2 aromatic heterocycles. The SMILES string of the molecule is COC(=O)c1c(NC(=O)Nc2cc(Cc3csc4ccccc34)c(OC)cc2F)csc1C(=O)O. The molecule has 0 saturated heterocycles. The highest BCUT2D eigenvalue weighted by Gasteiger charge is 2.25. The lowest BCUT2D eigenvalue weighted by atomic mass is 10.0. The van der Waals surface area contributed by atoms with Gasteiger partial charge in [0.05, 0.1) is 25.6 Å². The monoisotopic (exact) mass is 514 g/mol. The molecule has 0 radical (unpaired) electrons. The number of carbonyl (C=O) groups is 3. The van der Waals surface area contributed by atoms with E-state index in [1.165, 1.54) is 24.6 Å². The van der Waals surface area contributed by atoms with Gasteiger partial charge in [0.1, 0.15) is 22.0 Å². The fraction of sp³-hybridized carbons (Fsp3) is 0.125. The predicted octanol–water partition coefficient (Wildman–Crippen LogP) is 5.83. The number of hydrogen-bond acceptors (Lipinski definition) is 7. The fourth-order valence-corrected chi connectivity index (χ4v) is 5.37. The van der Waals surface area contributed by atoms with Crippen molar-refractivity contribution in [3.63, 3.8) is 0 Å². The zero-order valence-corrected chi connectivity index (χ0v) is 20.1. The molecule has 0 bridgehead atoms. The summed E-state index contributed by atoms with van der Waals surface area (Å²) in [6.07, 6.45) is 0.447. The Bertz CT molecular complexity index is 1450. The van der Waals surface area contributed by atoms with Crippen LogP contribution in [-0.4, -0.2) is 37.3 Å². The molecule has 0 saturated carbocycles. The predicted molar refractivity (Wildman–Crippen MR) is 133 cm³/mol. The van der Waals surface area contributed by atoms with Gasteiger partial charge in [-0.25, -0.2) is 18.8 Å². The van der Waals surface area contributed by atoms with Gasteiger partial charge >= 0.3 is 18.0 Å². The van der Waals surface area contributed by atoms with Gasteiger partial charge in [0.15, 0.2) is 0 Å². The molecular formula is C24H19FN2O6S2. The van der Waals surface area contributed by atoms with Crippen molar-refractivity contribution in [3.8, 4) is 5.75 Å². The normalized spacial score (nSPS) is 10.7. The third kappa shape index (κ3) is 4.96. The number of fused-ring (bicyclic) bond motifs is 1. The van der Waals surface area contributed by atoms with Crippen LogP contribution >= 0.6 is 22.7 Å². The largest absolute Gasteiger partial charge is 0.496 e. The van der Waals surface area contributed by atoms with E-state index in [4.69, 9.17) is 4.74 Å². The van der Waals surface area contributed by atoms with Gasteiger partial charge in [-0.2, -0.15) is 0 Å². The summed E-state index contributed by atoms with van der Waals surface area (Å²) in [4.78, 5) is 35.8. The molecule has 0 spiro atoms. The van der Waals surface area contributed by atoms with Gasteiger partial charge in [0, 0.05) is 28.1 Å². The number of aromatic carboxylic acids is 1. The number of esters is 1. The number of carboxylic acid groups (broad SMARTS) is 1. The molecule has 0 aliphatic heterocycles. The van der Waals surface area contributed by atoms with Crippen LogP contribution in [-0.2, 0) is 11.2 Å². The quantitative estimate of drug-likeness (QED) is 0.267. The van der Waals surface area contributed by atoms with Crippen LogP contribution in [0.4, 0.5) is 20.6 Å². The number of thiophene rings is 2. The molecule has 0 aliphatic rings. The van der Waals surface area contributed by atoms with E-state index in [2.05, 4.69) is 15.4 Å². The van der Waals surface area contributed by atoms with Crippen LogP contribution < -0.4 is 15.4 Å². The second kappa shape index (κ2) is 10.1. The Hall–Kier alpha value is -3.96. The number of urea groups is 1. The molecule has 4 aromatic rings. The lowest BCUT2D eigenvalue weighted by Gasteiger charge is -2.14. The molecule has 2 amide bonds. The number of halogens is 1. The second-order valence-corrected chi connectivity index (χ2v) is 9.10. The number of anilines is 2. The Balaban J connectivity index is 1.60. The summed E-state index contributed by atoms with van der Waals surface area (Å²) in [5.41, 5.74) is 1.24. The van der Waals surface area contributed by atoms with Gasteiger partial charge in [-0.05, 0) is 28.5 Å². The number of methoxy groups -OCH3 is 2. The van der Waals surface area contributed by atoms with Gasteiger partial charge in [-0.3, -0.25) is 0 Å². The molecule has 0 aliphatic carbocycles. The Morgan fingerprint density at radius 2 is 1.74 bits per heavy atom. The number of nitrogens with one attached hydrogen (secondary N) is 2. The molecule has 0 fully saturated rings. The lowest BCUT2D eigenvalue weighted by Crippen LogP contribution is -2.22. The molecule has 3 N–H and O–H groups in total. The summed E-state index contributed by atoms with van der Waals surface area (Å²) in [7, 11) is 2.54. The minimum Gasteiger partial charge on any atom is -0.496 e. The van der Waals surface area contributed by atoms with Crippen LogP contribution in [0, 0.1) is 5.82 Å². The van der Waals surface area contributed by atoms with Crippen molar-refractivity contribution in [2.45, 2.75) is 6.42 Å². The summed E-state index contributed by atoms with van der Waals surface area (Å²) in [6, 6.07) is 9.74. The van der Waals surface area contributed by atoms with Gasteiger partial charge < -0.3 is 25.2 Å². The first kappa shape index (κ1) is 24.2. The molecule has 0 atom stereocenters. The first-order valence-corrected chi connectivity index (χ1v) is 11.9. The van der Waals surface area contributed by atoms with Crippen LogP contribution in [0.3, 0.4) is 0 Å². The summed E-state index contributed by atoms with van der Waals surface area (Å²) in [5, 5.41) is 18.5. The van der Waals surface area contributed by atoms with Gasteiger partial charge in [0.25, 0.3) is 0 Å². The minimum absolute atomic E-state index is 0.0596. The van der Waals surface area contributed by atoms with Gasteiger partial charge in [-0.1, -0.05) is 18.2 Å². The van der Waals surface area contributed by atoms with E-state index in [0.29, 0.717) is 17.7 Å². The molecule has 35 heavy (non-hydrogen) atoms. The number of carboxylic acids is 1. The third-order valence-corrected chi connectivity index (χ3v) is 7.16. The first-order valence-electron chi connectivity index (χ1n) is 10.1. The lowest BCUT2D eigenvalue weighted by molar-refractivity contribution is 0.0586. The molecule has 4 rings (SSSR count). The van der Waals surface area contributed by atoms with Crippen molar-refractivity contribution in [1.82, 2.24) is 0 Å². The van der Waals surface area contributed by atoms with E-state index in [9.17, 15) is 23.9 Å². The number of ether oxygens (including phenoxy) is 2. The third-order valence-electron chi connectivity index (χ3n) is 5.18. The van der Waals surface area contributed by atoms with Crippen molar-refractivity contribution in [3.05, 3.63) is 74.5 Å². The molecule has 2 aromatic carbocycles. The standard InChI is InChI=1S/C24H19FN2O6S2/c1-32-18-9-15(25)16(8-12(18)7-13-10-34-19-6-4-3-5-14(13)19)26-24(31)27-17-11-35-21(22(28)29)20(17)23(30)33-2/h3-6,8-11H,7H2,1-2H3,(H,28,29)(H2,26,27,31). The topological polar surface area (TPSA) is 114 Å². The highest BCUT2D eigenvalue weighted by Crippen LogP contribution is 2.33. The van der Waals surface area contributed by atoms with Crippen molar-refractivity contribution in [2.24, 2.45) is 0 Å².